The minimum atomic E-state index is -0.410. The maximum atomic E-state index is 12.6. The summed E-state index contributed by atoms with van der Waals surface area (Å²) in [4.78, 5) is 32.6. The van der Waals surface area contributed by atoms with Crippen LogP contribution in [0.5, 0.6) is 5.75 Å². The summed E-state index contributed by atoms with van der Waals surface area (Å²) in [5.74, 6) is 0.453. The highest BCUT2D eigenvalue weighted by Gasteiger charge is 2.25. The fourth-order valence-corrected chi connectivity index (χ4v) is 3.93. The summed E-state index contributed by atoms with van der Waals surface area (Å²) >= 11 is 0. The van der Waals surface area contributed by atoms with Crippen molar-refractivity contribution in [2.45, 2.75) is 25.3 Å². The van der Waals surface area contributed by atoms with E-state index in [0.29, 0.717) is 11.3 Å². The molecule has 1 aliphatic rings. The van der Waals surface area contributed by atoms with Crippen molar-refractivity contribution >= 4 is 16.9 Å². The molecule has 0 bridgehead atoms. The van der Waals surface area contributed by atoms with E-state index < -0.39 is 5.63 Å². The third kappa shape index (κ3) is 5.49. The van der Waals surface area contributed by atoms with Gasteiger partial charge >= 0.3 is 5.63 Å². The van der Waals surface area contributed by atoms with Gasteiger partial charge in [0.2, 0.25) is 0 Å². The number of nitrogens with zero attached hydrogens (tertiary/aromatic N) is 3. The second kappa shape index (κ2) is 9.75. The maximum Gasteiger partial charge on any atom is 0.336 e. The summed E-state index contributed by atoms with van der Waals surface area (Å²) in [6.45, 7) is 2.89. The van der Waals surface area contributed by atoms with Gasteiger partial charge in [0.15, 0.2) is 6.61 Å². The lowest BCUT2D eigenvalue weighted by Gasteiger charge is -2.36. The molecule has 7 nitrogen and oxygen atoms in total. The van der Waals surface area contributed by atoms with Gasteiger partial charge in [-0.1, -0.05) is 6.07 Å². The Labute approximate surface area is 181 Å². The molecule has 2 aromatic heterocycles. The lowest BCUT2D eigenvalue weighted by atomic mass is 10.0. The summed E-state index contributed by atoms with van der Waals surface area (Å²) in [6, 6.07) is 14.5. The van der Waals surface area contributed by atoms with E-state index in [1.807, 2.05) is 31.4 Å². The lowest BCUT2D eigenvalue weighted by molar-refractivity contribution is -0.135. The van der Waals surface area contributed by atoms with Crippen LogP contribution in [0.2, 0.25) is 0 Å². The fraction of sp³-hybridized carbons (Fsp3) is 0.375. The number of benzene rings is 1. The quantitative estimate of drug-likeness (QED) is 0.546. The Morgan fingerprint density at radius 3 is 2.77 bits per heavy atom. The predicted octanol–water partition coefficient (Wildman–Crippen LogP) is 2.73. The fourth-order valence-electron chi connectivity index (χ4n) is 3.93. The van der Waals surface area contributed by atoms with Gasteiger partial charge < -0.3 is 19.0 Å². The van der Waals surface area contributed by atoms with E-state index in [4.69, 9.17) is 9.15 Å². The Bertz CT molecular complexity index is 1070. The van der Waals surface area contributed by atoms with E-state index >= 15 is 0 Å². The van der Waals surface area contributed by atoms with Crippen molar-refractivity contribution < 1.29 is 13.9 Å². The van der Waals surface area contributed by atoms with Gasteiger partial charge in [0.05, 0.1) is 0 Å². The molecule has 0 spiro atoms. The van der Waals surface area contributed by atoms with Gasteiger partial charge in [-0.15, -0.1) is 0 Å². The largest absolute Gasteiger partial charge is 0.484 e. The topological polar surface area (TPSA) is 75.9 Å². The number of carbonyl (C=O) groups is 1. The molecule has 0 aliphatic carbocycles. The van der Waals surface area contributed by atoms with Gasteiger partial charge in [-0.3, -0.25) is 9.78 Å². The zero-order chi connectivity index (χ0) is 21.6. The molecule has 1 saturated heterocycles. The number of piperidine rings is 1. The van der Waals surface area contributed by atoms with Crippen molar-refractivity contribution in [2.75, 3.05) is 33.3 Å². The molecule has 31 heavy (non-hydrogen) atoms. The molecular weight excluding hydrogens is 394 g/mol. The zero-order valence-electron chi connectivity index (χ0n) is 17.7. The lowest BCUT2D eigenvalue weighted by Crippen LogP contribution is -2.47. The number of hydrogen-bond donors (Lipinski definition) is 0. The van der Waals surface area contributed by atoms with E-state index in [1.165, 1.54) is 6.07 Å². The van der Waals surface area contributed by atoms with Crippen LogP contribution in [-0.2, 0) is 11.2 Å². The Morgan fingerprint density at radius 2 is 2.00 bits per heavy atom. The maximum absolute atomic E-state index is 12.6. The first-order chi connectivity index (χ1) is 15.1. The molecule has 7 heteroatoms. The van der Waals surface area contributed by atoms with E-state index in [0.717, 1.165) is 50.0 Å². The monoisotopic (exact) mass is 421 g/mol. The molecule has 3 aromatic rings. The Hall–Kier alpha value is -3.19. The highest BCUT2D eigenvalue weighted by atomic mass is 16.5. The average molecular weight is 421 g/mol. The second-order valence-corrected chi connectivity index (χ2v) is 7.89. The van der Waals surface area contributed by atoms with Crippen LogP contribution in [0.15, 0.2) is 63.9 Å². The van der Waals surface area contributed by atoms with Gasteiger partial charge in [-0.2, -0.15) is 0 Å². The molecule has 0 unspecified atom stereocenters. The smallest absolute Gasteiger partial charge is 0.336 e. The van der Waals surface area contributed by atoms with Crippen LogP contribution in [0, 0.1) is 0 Å². The number of amides is 1. The van der Waals surface area contributed by atoms with Gasteiger partial charge in [-0.25, -0.2) is 4.79 Å². The van der Waals surface area contributed by atoms with Crippen molar-refractivity contribution in [3.63, 3.8) is 0 Å². The third-order valence-electron chi connectivity index (χ3n) is 5.87. The molecule has 0 atom stereocenters. The molecule has 0 radical (unpaired) electrons. The van der Waals surface area contributed by atoms with Crippen molar-refractivity contribution in [1.82, 2.24) is 14.8 Å². The van der Waals surface area contributed by atoms with Crippen LogP contribution in [0.3, 0.4) is 0 Å². The summed E-state index contributed by atoms with van der Waals surface area (Å²) in [5.41, 5.74) is 1.15. The molecular formula is C24H27N3O4. The summed E-state index contributed by atoms with van der Waals surface area (Å²) < 4.78 is 10.8. The molecule has 162 valence electrons. The van der Waals surface area contributed by atoms with Crippen LogP contribution >= 0.6 is 0 Å². The minimum Gasteiger partial charge on any atom is -0.484 e. The predicted molar refractivity (Wildman–Crippen MR) is 118 cm³/mol. The normalized spacial score (nSPS) is 15.1. The Balaban J connectivity index is 1.24. The van der Waals surface area contributed by atoms with Crippen LogP contribution in [0.1, 0.15) is 18.5 Å². The number of pyridine rings is 1. The van der Waals surface area contributed by atoms with Crippen LogP contribution in [0.4, 0.5) is 0 Å². The molecule has 0 saturated carbocycles. The van der Waals surface area contributed by atoms with Crippen LogP contribution < -0.4 is 10.4 Å². The first kappa shape index (κ1) is 21.1. The Kier molecular flexibility index (Phi) is 6.62. The highest BCUT2D eigenvalue weighted by Crippen LogP contribution is 2.20. The number of rotatable bonds is 7. The standard InChI is InChI=1S/C24H27N3O4/c1-26(20-10-14-27(15-11-20)13-9-19-4-2-3-12-25-19)23(28)17-30-21-7-5-18-6-8-24(29)31-22(18)16-21/h2-8,12,16,20H,9-11,13-15,17H2,1H3. The molecule has 0 N–H and O–H groups in total. The molecule has 1 fully saturated rings. The number of likely N-dealkylation sites (tertiary alicyclic amines) is 1. The zero-order valence-corrected chi connectivity index (χ0v) is 17.7. The molecule has 1 amide bonds. The first-order valence-electron chi connectivity index (χ1n) is 10.6. The minimum absolute atomic E-state index is 0.0427. The number of likely N-dealkylation sites (N-methyl/N-ethyl adjacent to an activating group) is 1. The Morgan fingerprint density at radius 1 is 1.19 bits per heavy atom. The molecule has 3 heterocycles. The van der Waals surface area contributed by atoms with Crippen molar-refractivity contribution in [1.29, 1.82) is 0 Å². The number of fused-ring (bicyclic) bond motifs is 1. The average Bonchev–Trinajstić information content (AvgIpc) is 2.81. The molecule has 4 rings (SSSR count). The SMILES string of the molecule is CN(C(=O)COc1ccc2ccc(=O)oc2c1)C1CCN(CCc2ccccn2)CC1. The first-order valence-corrected chi connectivity index (χ1v) is 10.6. The van der Waals surface area contributed by atoms with E-state index in [-0.39, 0.29) is 18.6 Å². The summed E-state index contributed by atoms with van der Waals surface area (Å²) in [7, 11) is 1.85. The third-order valence-corrected chi connectivity index (χ3v) is 5.87. The highest BCUT2D eigenvalue weighted by molar-refractivity contribution is 5.79. The summed E-state index contributed by atoms with van der Waals surface area (Å²) in [5, 5.41) is 0.810. The molecule has 1 aromatic carbocycles. The number of carbonyl (C=O) groups excluding carboxylic acids is 1. The van der Waals surface area contributed by atoms with Crippen molar-refractivity contribution in [3.05, 3.63) is 70.8 Å². The van der Waals surface area contributed by atoms with Gasteiger partial charge in [0.1, 0.15) is 11.3 Å². The van der Waals surface area contributed by atoms with Crippen LogP contribution in [0.25, 0.3) is 11.0 Å². The van der Waals surface area contributed by atoms with Gasteiger partial charge in [0.25, 0.3) is 5.91 Å². The van der Waals surface area contributed by atoms with Gasteiger partial charge in [-0.05, 0) is 43.2 Å². The van der Waals surface area contributed by atoms with E-state index in [2.05, 4.69) is 16.0 Å². The van der Waals surface area contributed by atoms with E-state index in [1.54, 1.807) is 23.1 Å². The van der Waals surface area contributed by atoms with Crippen LogP contribution in [-0.4, -0.2) is 60.0 Å². The number of aromatic nitrogens is 1. The number of hydrogen-bond acceptors (Lipinski definition) is 6. The van der Waals surface area contributed by atoms with Crippen molar-refractivity contribution in [3.8, 4) is 5.75 Å². The molecule has 1 aliphatic heterocycles. The van der Waals surface area contributed by atoms with E-state index in [9.17, 15) is 9.59 Å². The second-order valence-electron chi connectivity index (χ2n) is 7.89. The number of ether oxygens (including phenoxy) is 1. The summed E-state index contributed by atoms with van der Waals surface area (Å²) in [6.07, 6.45) is 4.68. The van der Waals surface area contributed by atoms with Gasteiger partial charge in [0, 0.05) is 68.6 Å². The van der Waals surface area contributed by atoms with Crippen molar-refractivity contribution in [2.24, 2.45) is 0 Å².